The Morgan fingerprint density at radius 1 is 1.44 bits per heavy atom. The molecule has 0 radical (unpaired) electrons. The van der Waals surface area contributed by atoms with Gasteiger partial charge >= 0.3 is 0 Å². The highest BCUT2D eigenvalue weighted by Gasteiger charge is 2.00. The zero-order valence-electron chi connectivity index (χ0n) is 10.3. The van der Waals surface area contributed by atoms with E-state index in [4.69, 9.17) is 10.5 Å². The molecule has 0 saturated carbocycles. The highest BCUT2D eigenvalue weighted by molar-refractivity contribution is 5.19. The van der Waals surface area contributed by atoms with E-state index in [0.29, 0.717) is 12.5 Å². The molecule has 2 N–H and O–H groups in total. The molecule has 0 aliphatic heterocycles. The van der Waals surface area contributed by atoms with Crippen molar-refractivity contribution in [2.45, 2.75) is 19.4 Å². The Bertz CT molecular complexity index is 296. The summed E-state index contributed by atoms with van der Waals surface area (Å²) in [6.07, 6.45) is 2.77. The molecule has 1 heterocycles. The van der Waals surface area contributed by atoms with Crippen LogP contribution in [0, 0.1) is 0 Å². The fourth-order valence-corrected chi connectivity index (χ4v) is 1.30. The number of hydrogen-bond acceptors (Lipinski definition) is 4. The van der Waals surface area contributed by atoms with Crippen LogP contribution < -0.4 is 10.5 Å². The van der Waals surface area contributed by atoms with Gasteiger partial charge in [-0.2, -0.15) is 0 Å². The number of rotatable bonds is 6. The van der Waals surface area contributed by atoms with Crippen molar-refractivity contribution in [3.05, 3.63) is 23.9 Å². The van der Waals surface area contributed by atoms with Crippen LogP contribution in [0.25, 0.3) is 0 Å². The largest absolute Gasteiger partial charge is 0.478 e. The number of pyridine rings is 1. The molecule has 0 fully saturated rings. The molecule has 0 aromatic carbocycles. The van der Waals surface area contributed by atoms with Crippen LogP contribution in [0.1, 0.15) is 24.9 Å². The lowest BCUT2D eigenvalue weighted by molar-refractivity contribution is 0.273. The van der Waals surface area contributed by atoms with E-state index in [1.54, 1.807) is 6.20 Å². The lowest BCUT2D eigenvalue weighted by atomic mass is 10.2. The summed E-state index contributed by atoms with van der Waals surface area (Å²) >= 11 is 0. The zero-order chi connectivity index (χ0) is 12.0. The molecule has 0 unspecified atom stereocenters. The molecule has 1 aromatic rings. The lowest BCUT2D eigenvalue weighted by Gasteiger charge is -2.10. The summed E-state index contributed by atoms with van der Waals surface area (Å²) in [4.78, 5) is 6.34. The van der Waals surface area contributed by atoms with Crippen molar-refractivity contribution in [2.75, 3.05) is 27.2 Å². The summed E-state index contributed by atoms with van der Waals surface area (Å²) in [6, 6.07) is 3.85. The number of nitrogens with zero attached hydrogens (tertiary/aromatic N) is 2. The molecule has 16 heavy (non-hydrogen) atoms. The van der Waals surface area contributed by atoms with Crippen molar-refractivity contribution in [3.63, 3.8) is 0 Å². The number of ether oxygens (including phenoxy) is 1. The fourth-order valence-electron chi connectivity index (χ4n) is 1.30. The summed E-state index contributed by atoms with van der Waals surface area (Å²) < 4.78 is 5.51. The fraction of sp³-hybridized carbons (Fsp3) is 0.583. The van der Waals surface area contributed by atoms with Gasteiger partial charge < -0.3 is 15.4 Å². The molecule has 1 rings (SSSR count). The first-order valence-corrected chi connectivity index (χ1v) is 5.58. The highest BCUT2D eigenvalue weighted by atomic mass is 16.5. The van der Waals surface area contributed by atoms with Crippen LogP contribution in [0.5, 0.6) is 5.88 Å². The lowest BCUT2D eigenvalue weighted by Crippen LogP contribution is -2.15. The van der Waals surface area contributed by atoms with Gasteiger partial charge in [-0.3, -0.25) is 0 Å². The Balaban J connectivity index is 2.32. The molecule has 4 nitrogen and oxygen atoms in total. The maximum Gasteiger partial charge on any atom is 0.213 e. The van der Waals surface area contributed by atoms with E-state index >= 15 is 0 Å². The Hall–Kier alpha value is -1.13. The third kappa shape index (κ3) is 4.59. The molecular formula is C12H21N3O. The molecule has 0 saturated heterocycles. The maximum absolute atomic E-state index is 5.73. The van der Waals surface area contributed by atoms with Crippen molar-refractivity contribution in [1.82, 2.24) is 9.88 Å². The predicted molar refractivity (Wildman–Crippen MR) is 65.5 cm³/mol. The average molecular weight is 223 g/mol. The molecule has 0 aliphatic carbocycles. The van der Waals surface area contributed by atoms with Gasteiger partial charge in [-0.15, -0.1) is 0 Å². The van der Waals surface area contributed by atoms with Crippen LogP contribution in [0.15, 0.2) is 18.3 Å². The monoisotopic (exact) mass is 223 g/mol. The second kappa shape index (κ2) is 6.45. The molecule has 0 amide bonds. The molecule has 90 valence electrons. The van der Waals surface area contributed by atoms with Crippen molar-refractivity contribution in [1.29, 1.82) is 0 Å². The van der Waals surface area contributed by atoms with Crippen LogP contribution >= 0.6 is 0 Å². The molecule has 0 aliphatic rings. The van der Waals surface area contributed by atoms with Gasteiger partial charge in [0, 0.05) is 24.8 Å². The van der Waals surface area contributed by atoms with Crippen LogP contribution in [-0.4, -0.2) is 37.1 Å². The Kier molecular flexibility index (Phi) is 5.22. The summed E-state index contributed by atoms with van der Waals surface area (Å²) in [5.74, 6) is 0.670. The normalized spacial score (nSPS) is 12.8. The van der Waals surface area contributed by atoms with Gasteiger partial charge in [-0.25, -0.2) is 4.98 Å². The van der Waals surface area contributed by atoms with E-state index in [1.807, 2.05) is 19.1 Å². The number of aromatic nitrogens is 1. The second-order valence-electron chi connectivity index (χ2n) is 4.22. The minimum atomic E-state index is 0.0234. The van der Waals surface area contributed by atoms with Crippen molar-refractivity contribution < 1.29 is 4.74 Å². The van der Waals surface area contributed by atoms with E-state index in [2.05, 4.69) is 24.0 Å². The quantitative estimate of drug-likeness (QED) is 0.741. The summed E-state index contributed by atoms with van der Waals surface area (Å²) in [7, 11) is 4.10. The molecule has 1 atom stereocenters. The van der Waals surface area contributed by atoms with Gasteiger partial charge in [0.1, 0.15) is 0 Å². The van der Waals surface area contributed by atoms with Gasteiger partial charge in [0.05, 0.1) is 6.61 Å². The molecule has 0 bridgehead atoms. The standard InChI is InChI=1S/C12H21N3O/c1-10(13)11-5-6-12(14-9-11)16-8-4-7-15(2)3/h5-6,9-10H,4,7-8,13H2,1-3H3/t10-/m1/s1. The van der Waals surface area contributed by atoms with Crippen molar-refractivity contribution in [2.24, 2.45) is 5.73 Å². The summed E-state index contributed by atoms with van der Waals surface area (Å²) in [6.45, 7) is 3.66. The molecular weight excluding hydrogens is 202 g/mol. The van der Waals surface area contributed by atoms with Crippen LogP contribution in [0.3, 0.4) is 0 Å². The molecule has 4 heteroatoms. The van der Waals surface area contributed by atoms with Crippen LogP contribution in [0.2, 0.25) is 0 Å². The highest BCUT2D eigenvalue weighted by Crippen LogP contribution is 2.12. The van der Waals surface area contributed by atoms with E-state index in [0.717, 1.165) is 18.5 Å². The minimum Gasteiger partial charge on any atom is -0.478 e. The predicted octanol–water partition coefficient (Wildman–Crippen LogP) is 1.43. The number of hydrogen-bond donors (Lipinski definition) is 1. The Morgan fingerprint density at radius 3 is 2.69 bits per heavy atom. The van der Waals surface area contributed by atoms with Gasteiger partial charge in [0.15, 0.2) is 0 Å². The SMILES string of the molecule is C[C@@H](N)c1ccc(OCCCN(C)C)nc1. The van der Waals surface area contributed by atoms with Gasteiger partial charge in [0.25, 0.3) is 0 Å². The van der Waals surface area contributed by atoms with Gasteiger partial charge in [-0.1, -0.05) is 6.07 Å². The maximum atomic E-state index is 5.73. The smallest absolute Gasteiger partial charge is 0.213 e. The topological polar surface area (TPSA) is 51.4 Å². The summed E-state index contributed by atoms with van der Waals surface area (Å²) in [5, 5.41) is 0. The van der Waals surface area contributed by atoms with E-state index in [9.17, 15) is 0 Å². The third-order valence-corrected chi connectivity index (χ3v) is 2.28. The first kappa shape index (κ1) is 12.9. The van der Waals surface area contributed by atoms with Crippen LogP contribution in [0.4, 0.5) is 0 Å². The molecule has 1 aromatic heterocycles. The third-order valence-electron chi connectivity index (χ3n) is 2.28. The van der Waals surface area contributed by atoms with Gasteiger partial charge in [-0.05, 0) is 33.0 Å². The van der Waals surface area contributed by atoms with Crippen LogP contribution in [-0.2, 0) is 0 Å². The Morgan fingerprint density at radius 2 is 2.19 bits per heavy atom. The van der Waals surface area contributed by atoms with E-state index < -0.39 is 0 Å². The Labute approximate surface area is 97.4 Å². The van der Waals surface area contributed by atoms with Crippen molar-refractivity contribution in [3.8, 4) is 5.88 Å². The minimum absolute atomic E-state index is 0.0234. The average Bonchev–Trinajstić information content (AvgIpc) is 2.25. The summed E-state index contributed by atoms with van der Waals surface area (Å²) in [5.41, 5.74) is 6.76. The van der Waals surface area contributed by atoms with Crippen molar-refractivity contribution >= 4 is 0 Å². The zero-order valence-corrected chi connectivity index (χ0v) is 10.3. The number of nitrogens with two attached hydrogens (primary N) is 1. The molecule has 0 spiro atoms. The van der Waals surface area contributed by atoms with Gasteiger partial charge in [0.2, 0.25) is 5.88 Å². The first-order chi connectivity index (χ1) is 7.59. The van der Waals surface area contributed by atoms with E-state index in [-0.39, 0.29) is 6.04 Å². The first-order valence-electron chi connectivity index (χ1n) is 5.58. The van der Waals surface area contributed by atoms with E-state index in [1.165, 1.54) is 0 Å². The second-order valence-corrected chi connectivity index (χ2v) is 4.22.